The number of nitrogens with one attached hydrogen (secondary N) is 2. The normalized spacial score (nSPS) is 25.6. The van der Waals surface area contributed by atoms with Crippen LogP contribution in [-0.4, -0.2) is 42.0 Å². The fourth-order valence-corrected chi connectivity index (χ4v) is 1.27. The lowest BCUT2D eigenvalue weighted by atomic mass is 10.2. The molecule has 5 nitrogen and oxygen atoms in total. The monoisotopic (exact) mass is 238 g/mol. The molecule has 1 fully saturated rings. The Morgan fingerprint density at radius 3 is 2.47 bits per heavy atom. The van der Waals surface area contributed by atoms with E-state index in [0.717, 1.165) is 0 Å². The Kier molecular flexibility index (Phi) is 5.34. The number of halogens is 1. The number of alkyl carbamates (subject to hydrolysis) is 1. The van der Waals surface area contributed by atoms with Gasteiger partial charge in [-0.25, -0.2) is 4.79 Å². The summed E-state index contributed by atoms with van der Waals surface area (Å²) >= 11 is 0. The number of hydrogen-bond acceptors (Lipinski definition) is 4. The van der Waals surface area contributed by atoms with Crippen LogP contribution in [0.3, 0.4) is 0 Å². The van der Waals surface area contributed by atoms with Crippen LogP contribution in [0.1, 0.15) is 20.8 Å². The lowest BCUT2D eigenvalue weighted by molar-refractivity contribution is 0.0461. The van der Waals surface area contributed by atoms with E-state index in [2.05, 4.69) is 10.6 Å². The highest BCUT2D eigenvalue weighted by Gasteiger charge is 2.28. The summed E-state index contributed by atoms with van der Waals surface area (Å²) in [6.45, 7) is 6.50. The van der Waals surface area contributed by atoms with Crippen LogP contribution in [0.15, 0.2) is 0 Å². The molecule has 0 aromatic carbocycles. The number of ether oxygens (including phenoxy) is 1. The van der Waals surface area contributed by atoms with Crippen LogP contribution < -0.4 is 10.6 Å². The van der Waals surface area contributed by atoms with Gasteiger partial charge in [0.25, 0.3) is 0 Å². The van der Waals surface area contributed by atoms with E-state index in [9.17, 15) is 9.90 Å². The van der Waals surface area contributed by atoms with Crippen LogP contribution in [0.5, 0.6) is 0 Å². The molecule has 15 heavy (non-hydrogen) atoms. The molecule has 1 amide bonds. The number of hydrogen-bond donors (Lipinski definition) is 3. The minimum absolute atomic E-state index is 0. The number of carbonyl (C=O) groups is 1. The van der Waals surface area contributed by atoms with Crippen LogP contribution in [0, 0.1) is 0 Å². The van der Waals surface area contributed by atoms with Crippen molar-refractivity contribution in [3.05, 3.63) is 0 Å². The van der Waals surface area contributed by atoms with Crippen molar-refractivity contribution in [3.63, 3.8) is 0 Å². The van der Waals surface area contributed by atoms with Gasteiger partial charge in [-0.2, -0.15) is 0 Å². The van der Waals surface area contributed by atoms with Crippen LogP contribution in [-0.2, 0) is 4.74 Å². The van der Waals surface area contributed by atoms with E-state index >= 15 is 0 Å². The molecule has 3 N–H and O–H groups in total. The molecule has 0 bridgehead atoms. The van der Waals surface area contributed by atoms with Crippen molar-refractivity contribution < 1.29 is 14.6 Å². The predicted octanol–water partition coefficient (Wildman–Crippen LogP) is 0.266. The molecule has 90 valence electrons. The molecule has 0 radical (unpaired) electrons. The summed E-state index contributed by atoms with van der Waals surface area (Å²) in [6, 6.07) is -0.246. The van der Waals surface area contributed by atoms with Gasteiger partial charge in [0, 0.05) is 13.1 Å². The SMILES string of the molecule is CC(C)(C)OC(=O)N[C@H]1CNC[C@@H]1O.Cl. The highest BCUT2D eigenvalue weighted by atomic mass is 35.5. The maximum absolute atomic E-state index is 11.3. The summed E-state index contributed by atoms with van der Waals surface area (Å²) in [5.41, 5.74) is -0.499. The van der Waals surface area contributed by atoms with E-state index in [1.807, 2.05) is 0 Å². The number of rotatable bonds is 1. The Hall–Kier alpha value is -0.520. The summed E-state index contributed by atoms with van der Waals surface area (Å²) in [4.78, 5) is 11.3. The average Bonchev–Trinajstić information content (AvgIpc) is 2.32. The van der Waals surface area contributed by atoms with Gasteiger partial charge in [0.05, 0.1) is 12.1 Å². The van der Waals surface area contributed by atoms with Gasteiger partial charge in [0.1, 0.15) is 5.60 Å². The molecule has 1 rings (SSSR count). The second-order valence-electron chi connectivity index (χ2n) is 4.48. The molecule has 0 aliphatic carbocycles. The van der Waals surface area contributed by atoms with Gasteiger partial charge in [0.15, 0.2) is 0 Å². The molecule has 0 aromatic rings. The topological polar surface area (TPSA) is 70.6 Å². The maximum atomic E-state index is 11.3. The quantitative estimate of drug-likeness (QED) is 0.613. The molecule has 1 aliphatic rings. The third kappa shape index (κ3) is 5.20. The predicted molar refractivity (Wildman–Crippen MR) is 59.3 cm³/mol. The van der Waals surface area contributed by atoms with E-state index in [1.54, 1.807) is 20.8 Å². The Morgan fingerprint density at radius 2 is 2.07 bits per heavy atom. The van der Waals surface area contributed by atoms with Crippen LogP contribution in [0.25, 0.3) is 0 Å². The minimum Gasteiger partial charge on any atom is -0.444 e. The lowest BCUT2D eigenvalue weighted by Gasteiger charge is -2.22. The summed E-state index contributed by atoms with van der Waals surface area (Å²) in [5, 5.41) is 15.0. The van der Waals surface area contributed by atoms with Crippen molar-refractivity contribution in [2.75, 3.05) is 13.1 Å². The second kappa shape index (κ2) is 5.53. The van der Waals surface area contributed by atoms with Crippen molar-refractivity contribution in [3.8, 4) is 0 Å². The number of β-amino-alcohol motifs (C(OH)–C–C–N with tert-alkyl or cyclic N) is 1. The smallest absolute Gasteiger partial charge is 0.408 e. The molecule has 2 atom stereocenters. The number of carbonyl (C=O) groups excluding carboxylic acids is 1. The second-order valence-corrected chi connectivity index (χ2v) is 4.48. The van der Waals surface area contributed by atoms with Gasteiger partial charge in [-0.05, 0) is 20.8 Å². The Morgan fingerprint density at radius 1 is 1.47 bits per heavy atom. The molecular formula is C9H19ClN2O3. The Labute approximate surface area is 96.0 Å². The molecule has 0 saturated carbocycles. The average molecular weight is 239 g/mol. The molecular weight excluding hydrogens is 220 g/mol. The minimum atomic E-state index is -0.525. The van der Waals surface area contributed by atoms with E-state index in [0.29, 0.717) is 13.1 Å². The zero-order valence-electron chi connectivity index (χ0n) is 9.24. The largest absolute Gasteiger partial charge is 0.444 e. The first-order valence-corrected chi connectivity index (χ1v) is 4.77. The molecule has 1 heterocycles. The first-order valence-electron chi connectivity index (χ1n) is 4.77. The standard InChI is InChI=1S/C9H18N2O3.ClH/c1-9(2,3)14-8(13)11-6-4-10-5-7(6)12;/h6-7,10,12H,4-5H2,1-3H3,(H,11,13);1H/t6-,7-;/m0./s1. The first kappa shape index (κ1) is 14.5. The molecule has 1 aliphatic heterocycles. The highest BCUT2D eigenvalue weighted by Crippen LogP contribution is 2.07. The van der Waals surface area contributed by atoms with Gasteiger partial charge in [-0.1, -0.05) is 0 Å². The highest BCUT2D eigenvalue weighted by molar-refractivity contribution is 5.85. The zero-order chi connectivity index (χ0) is 10.8. The molecule has 0 unspecified atom stereocenters. The summed E-state index contributed by atoms with van der Waals surface area (Å²) in [7, 11) is 0. The molecule has 1 saturated heterocycles. The van der Waals surface area contributed by atoms with Crippen LogP contribution >= 0.6 is 12.4 Å². The van der Waals surface area contributed by atoms with Gasteiger partial charge < -0.3 is 20.5 Å². The first-order chi connectivity index (χ1) is 6.38. The van der Waals surface area contributed by atoms with E-state index in [-0.39, 0.29) is 18.4 Å². The summed E-state index contributed by atoms with van der Waals surface area (Å²) in [6.07, 6.45) is -1.01. The van der Waals surface area contributed by atoms with Gasteiger partial charge >= 0.3 is 6.09 Å². The molecule has 0 aromatic heterocycles. The van der Waals surface area contributed by atoms with Gasteiger partial charge in [0.2, 0.25) is 0 Å². The molecule has 6 heteroatoms. The van der Waals surface area contributed by atoms with Crippen molar-refractivity contribution in [2.24, 2.45) is 0 Å². The fourth-order valence-electron chi connectivity index (χ4n) is 1.27. The van der Waals surface area contributed by atoms with Crippen LogP contribution in [0.2, 0.25) is 0 Å². The van der Waals surface area contributed by atoms with E-state index in [1.165, 1.54) is 0 Å². The maximum Gasteiger partial charge on any atom is 0.408 e. The van der Waals surface area contributed by atoms with Gasteiger partial charge in [-0.15, -0.1) is 12.4 Å². The van der Waals surface area contributed by atoms with Crippen molar-refractivity contribution in [1.82, 2.24) is 10.6 Å². The zero-order valence-corrected chi connectivity index (χ0v) is 10.1. The number of amides is 1. The van der Waals surface area contributed by atoms with Crippen molar-refractivity contribution in [2.45, 2.75) is 38.5 Å². The summed E-state index contributed by atoms with van der Waals surface area (Å²) < 4.78 is 5.06. The van der Waals surface area contributed by atoms with E-state index in [4.69, 9.17) is 4.74 Å². The number of aliphatic hydroxyl groups is 1. The van der Waals surface area contributed by atoms with Crippen molar-refractivity contribution >= 4 is 18.5 Å². The number of aliphatic hydroxyl groups excluding tert-OH is 1. The van der Waals surface area contributed by atoms with Crippen molar-refractivity contribution in [1.29, 1.82) is 0 Å². The Balaban J connectivity index is 0.00000196. The van der Waals surface area contributed by atoms with Crippen LogP contribution in [0.4, 0.5) is 4.79 Å². The third-order valence-electron chi connectivity index (χ3n) is 1.88. The lowest BCUT2D eigenvalue weighted by Crippen LogP contribution is -2.45. The summed E-state index contributed by atoms with van der Waals surface area (Å²) in [5.74, 6) is 0. The van der Waals surface area contributed by atoms with E-state index < -0.39 is 17.8 Å². The fraction of sp³-hybridized carbons (Fsp3) is 0.889. The molecule has 0 spiro atoms. The Bertz CT molecular complexity index is 218. The third-order valence-corrected chi connectivity index (χ3v) is 1.88. The van der Waals surface area contributed by atoms with Gasteiger partial charge in [-0.3, -0.25) is 0 Å².